The van der Waals surface area contributed by atoms with E-state index in [-0.39, 0.29) is 0 Å². The Bertz CT molecular complexity index is 48.1. The Morgan fingerprint density at radius 2 is 1.71 bits per heavy atom. The molecule has 0 atom stereocenters. The highest BCUT2D eigenvalue weighted by Crippen LogP contribution is 2.37. The molecule has 0 bridgehead atoms. The summed E-state index contributed by atoms with van der Waals surface area (Å²) in [5.74, 6) is 0. The Labute approximate surface area is 57.3 Å². The summed E-state index contributed by atoms with van der Waals surface area (Å²) in [6.07, 6.45) is 0. The van der Waals surface area contributed by atoms with E-state index in [1.165, 1.54) is 10.0 Å². The summed E-state index contributed by atoms with van der Waals surface area (Å²) in [5.41, 5.74) is 0. The molecule has 0 aromatic rings. The highest BCUT2D eigenvalue weighted by atomic mass is 35.7. The van der Waals surface area contributed by atoms with Gasteiger partial charge in [-0.2, -0.15) is 0 Å². The molecule has 0 N–H and O–H groups in total. The van der Waals surface area contributed by atoms with Crippen molar-refractivity contribution in [2.75, 3.05) is 0 Å². The van der Waals surface area contributed by atoms with Gasteiger partial charge in [0.2, 0.25) is 0 Å². The summed E-state index contributed by atoms with van der Waals surface area (Å²) in [5, 5.41) is 0. The van der Waals surface area contributed by atoms with Crippen LogP contribution >= 0.6 is 31.5 Å². The van der Waals surface area contributed by atoms with Gasteiger partial charge in [0.15, 0.2) is 0 Å². The third kappa shape index (κ3) is 6.99. The normalized spacial score (nSPS) is 12.0. The van der Waals surface area contributed by atoms with Crippen LogP contribution in [0.3, 0.4) is 0 Å². The highest BCUT2D eigenvalue weighted by Gasteiger charge is 2.08. The second-order valence-corrected chi connectivity index (χ2v) is 5.79. The van der Waals surface area contributed by atoms with Crippen LogP contribution in [-0.4, -0.2) is 4.75 Å². The molecular weight excluding hydrogens is 148 g/mol. The minimum Gasteiger partial charge on any atom is -0.0713 e. The van der Waals surface area contributed by atoms with Crippen LogP contribution in [0.1, 0.15) is 20.8 Å². The van der Waals surface area contributed by atoms with Crippen LogP contribution in [0.4, 0.5) is 0 Å². The maximum absolute atomic E-state index is 5.37. The second-order valence-electron chi connectivity index (χ2n) is 2.26. The van der Waals surface area contributed by atoms with Crippen molar-refractivity contribution in [3.05, 3.63) is 0 Å². The zero-order valence-electron chi connectivity index (χ0n) is 4.69. The standard InChI is InChI=1S/C4H9ClS2/c1-4(2,3)6-7-5/h1-3H3. The summed E-state index contributed by atoms with van der Waals surface area (Å²) in [6, 6.07) is 0. The van der Waals surface area contributed by atoms with Gasteiger partial charge in [-0.25, -0.2) is 0 Å². The lowest BCUT2D eigenvalue weighted by molar-refractivity contribution is 0.810. The largest absolute Gasteiger partial charge is 0.0713 e. The van der Waals surface area contributed by atoms with E-state index in [9.17, 15) is 0 Å². The van der Waals surface area contributed by atoms with E-state index in [1.54, 1.807) is 10.8 Å². The first-order valence-corrected chi connectivity index (χ1v) is 5.00. The molecule has 0 aliphatic carbocycles. The molecule has 0 rings (SSSR count). The van der Waals surface area contributed by atoms with Crippen molar-refractivity contribution in [1.29, 1.82) is 0 Å². The molecule has 0 amide bonds. The van der Waals surface area contributed by atoms with Crippen molar-refractivity contribution in [1.82, 2.24) is 0 Å². The Balaban J connectivity index is 3.15. The molecule has 0 unspecified atom stereocenters. The van der Waals surface area contributed by atoms with Gasteiger partial charge in [-0.15, -0.1) is 0 Å². The minimum atomic E-state index is 0.298. The SMILES string of the molecule is CC(C)(C)SSCl. The van der Waals surface area contributed by atoms with Gasteiger partial charge in [0.05, 0.1) is 0 Å². The Kier molecular flexibility index (Phi) is 3.54. The molecule has 0 aliphatic heterocycles. The van der Waals surface area contributed by atoms with Gasteiger partial charge in [-0.3, -0.25) is 0 Å². The van der Waals surface area contributed by atoms with Crippen molar-refractivity contribution in [3.8, 4) is 0 Å². The van der Waals surface area contributed by atoms with E-state index in [1.807, 2.05) is 0 Å². The van der Waals surface area contributed by atoms with E-state index in [2.05, 4.69) is 20.8 Å². The maximum Gasteiger partial charge on any atom is 0.0190 e. The first-order valence-electron chi connectivity index (χ1n) is 2.03. The van der Waals surface area contributed by atoms with Crippen LogP contribution in [0.5, 0.6) is 0 Å². The summed E-state index contributed by atoms with van der Waals surface area (Å²) in [4.78, 5) is 0. The number of halogens is 1. The van der Waals surface area contributed by atoms with Crippen molar-refractivity contribution in [2.45, 2.75) is 25.5 Å². The third-order valence-corrected chi connectivity index (χ3v) is 3.10. The smallest absolute Gasteiger partial charge is 0.0190 e. The fraction of sp³-hybridized carbons (Fsp3) is 1.00. The molecule has 0 radical (unpaired) electrons. The van der Waals surface area contributed by atoms with Gasteiger partial charge in [0.1, 0.15) is 0 Å². The minimum absolute atomic E-state index is 0.298. The quantitative estimate of drug-likeness (QED) is 0.535. The Hall–Kier alpha value is 0.990. The molecule has 0 spiro atoms. The zero-order chi connectivity index (χ0) is 5.91. The van der Waals surface area contributed by atoms with E-state index < -0.39 is 0 Å². The summed E-state index contributed by atoms with van der Waals surface area (Å²) >= 11 is 0. The van der Waals surface area contributed by atoms with Gasteiger partial charge in [-0.05, 0) is 10.7 Å². The monoisotopic (exact) mass is 156 g/mol. The molecule has 0 aliphatic rings. The number of rotatable bonds is 1. The van der Waals surface area contributed by atoms with Crippen LogP contribution in [-0.2, 0) is 0 Å². The van der Waals surface area contributed by atoms with Crippen LogP contribution < -0.4 is 0 Å². The van der Waals surface area contributed by atoms with Crippen molar-refractivity contribution < 1.29 is 0 Å². The molecule has 7 heavy (non-hydrogen) atoms. The molecule has 0 saturated heterocycles. The molecule has 0 saturated carbocycles. The van der Waals surface area contributed by atoms with Gasteiger partial charge >= 0.3 is 0 Å². The van der Waals surface area contributed by atoms with Crippen molar-refractivity contribution in [3.63, 3.8) is 0 Å². The Morgan fingerprint density at radius 3 is 1.71 bits per heavy atom. The van der Waals surface area contributed by atoms with E-state index in [0.717, 1.165) is 0 Å². The predicted octanol–water partition coefficient (Wildman–Crippen LogP) is 3.32. The fourth-order valence-corrected chi connectivity index (χ4v) is 2.55. The van der Waals surface area contributed by atoms with Crippen LogP contribution in [0.25, 0.3) is 0 Å². The molecule has 0 aromatic carbocycles. The van der Waals surface area contributed by atoms with E-state index in [4.69, 9.17) is 10.7 Å². The maximum atomic E-state index is 5.37. The van der Waals surface area contributed by atoms with E-state index >= 15 is 0 Å². The summed E-state index contributed by atoms with van der Waals surface area (Å²) < 4.78 is 0.298. The third-order valence-electron chi connectivity index (χ3n) is 0.281. The van der Waals surface area contributed by atoms with Gasteiger partial charge < -0.3 is 0 Å². The molecule has 0 heterocycles. The van der Waals surface area contributed by atoms with Crippen LogP contribution in [0.15, 0.2) is 0 Å². The van der Waals surface area contributed by atoms with Crippen LogP contribution in [0, 0.1) is 0 Å². The first-order chi connectivity index (χ1) is 3.06. The van der Waals surface area contributed by atoms with E-state index in [0.29, 0.717) is 4.75 Å². The molecule has 0 aromatic heterocycles. The molecular formula is C4H9ClS2. The van der Waals surface area contributed by atoms with Gasteiger partial charge in [-0.1, -0.05) is 31.6 Å². The summed E-state index contributed by atoms with van der Waals surface area (Å²) in [7, 11) is 8.33. The topological polar surface area (TPSA) is 0 Å². The summed E-state index contributed by atoms with van der Waals surface area (Å²) in [6.45, 7) is 6.40. The van der Waals surface area contributed by atoms with Gasteiger partial charge in [0, 0.05) is 14.8 Å². The molecule has 0 fully saturated rings. The van der Waals surface area contributed by atoms with Gasteiger partial charge in [0.25, 0.3) is 0 Å². The molecule has 3 heteroatoms. The lowest BCUT2D eigenvalue weighted by Crippen LogP contribution is -2.03. The molecule has 44 valence electrons. The fourth-order valence-electron chi connectivity index (χ4n) is 0.0945. The average Bonchev–Trinajstić information content (AvgIpc) is 1.30. The first kappa shape index (κ1) is 7.99. The number of hydrogen-bond acceptors (Lipinski definition) is 2. The second kappa shape index (κ2) is 3.10. The zero-order valence-corrected chi connectivity index (χ0v) is 7.08. The highest BCUT2D eigenvalue weighted by molar-refractivity contribution is 8.85. The van der Waals surface area contributed by atoms with Crippen LogP contribution in [0.2, 0.25) is 0 Å². The number of hydrogen-bond donors (Lipinski definition) is 0. The molecule has 0 nitrogen and oxygen atoms in total. The lowest BCUT2D eigenvalue weighted by Gasteiger charge is -2.12. The Morgan fingerprint density at radius 1 is 1.29 bits per heavy atom. The van der Waals surface area contributed by atoms with Crippen molar-refractivity contribution >= 4 is 31.5 Å². The van der Waals surface area contributed by atoms with Crippen molar-refractivity contribution in [2.24, 2.45) is 0 Å². The lowest BCUT2D eigenvalue weighted by atomic mass is 10.3. The average molecular weight is 157 g/mol. The predicted molar refractivity (Wildman–Crippen MR) is 40.8 cm³/mol.